The van der Waals surface area contributed by atoms with Gasteiger partial charge < -0.3 is 10.2 Å². The molecule has 8 nitrogen and oxygen atoms in total. The third-order valence-electron chi connectivity index (χ3n) is 4.74. The van der Waals surface area contributed by atoms with E-state index in [1.165, 1.54) is 17.5 Å². The lowest BCUT2D eigenvalue weighted by Gasteiger charge is -2.16. The van der Waals surface area contributed by atoms with Crippen molar-refractivity contribution in [2.75, 3.05) is 20.1 Å². The number of aryl methyl sites for hydroxylation is 1. The van der Waals surface area contributed by atoms with Crippen molar-refractivity contribution in [1.29, 1.82) is 0 Å². The van der Waals surface area contributed by atoms with Crippen molar-refractivity contribution < 1.29 is 9.59 Å². The Labute approximate surface area is 153 Å². The lowest BCUT2D eigenvalue weighted by molar-refractivity contribution is 0.0794. The summed E-state index contributed by atoms with van der Waals surface area (Å²) in [5, 5.41) is 6.95. The van der Waals surface area contributed by atoms with Crippen LogP contribution in [0, 0.1) is 6.92 Å². The van der Waals surface area contributed by atoms with Gasteiger partial charge in [-0.15, -0.1) is 11.3 Å². The van der Waals surface area contributed by atoms with Gasteiger partial charge in [0.05, 0.1) is 23.1 Å². The van der Waals surface area contributed by atoms with Crippen LogP contribution < -0.4 is 5.32 Å². The number of amides is 2. The molecule has 0 spiro atoms. The first-order valence-electron chi connectivity index (χ1n) is 8.34. The Morgan fingerprint density at radius 2 is 2.19 bits per heavy atom. The molecule has 134 valence electrons. The highest BCUT2D eigenvalue weighted by Gasteiger charge is 2.31. The van der Waals surface area contributed by atoms with Gasteiger partial charge in [-0.3, -0.25) is 9.59 Å². The van der Waals surface area contributed by atoms with Gasteiger partial charge in [-0.1, -0.05) is 0 Å². The van der Waals surface area contributed by atoms with Crippen LogP contribution in [0.15, 0.2) is 24.0 Å². The quantitative estimate of drug-likeness (QED) is 0.754. The molecule has 4 rings (SSSR count). The number of fused-ring (bicyclic) bond motifs is 1. The van der Waals surface area contributed by atoms with E-state index in [0.29, 0.717) is 29.2 Å². The fourth-order valence-corrected chi connectivity index (χ4v) is 4.12. The molecule has 1 N–H and O–H groups in total. The summed E-state index contributed by atoms with van der Waals surface area (Å²) >= 11 is 1.38. The number of carbonyl (C=O) groups excluding carboxylic acids is 2. The number of hydrogen-bond acceptors (Lipinski definition) is 6. The van der Waals surface area contributed by atoms with Gasteiger partial charge in [0.15, 0.2) is 5.65 Å². The number of nitrogens with zero attached hydrogens (tertiary/aromatic N) is 5. The van der Waals surface area contributed by atoms with Crippen LogP contribution in [0.3, 0.4) is 0 Å². The van der Waals surface area contributed by atoms with Crippen LogP contribution in [0.25, 0.3) is 5.65 Å². The van der Waals surface area contributed by atoms with Crippen LogP contribution in [0.4, 0.5) is 0 Å². The molecule has 9 heteroatoms. The van der Waals surface area contributed by atoms with Gasteiger partial charge in [0.25, 0.3) is 11.8 Å². The van der Waals surface area contributed by atoms with Crippen molar-refractivity contribution in [3.8, 4) is 0 Å². The molecule has 0 saturated carbocycles. The van der Waals surface area contributed by atoms with Gasteiger partial charge in [0.1, 0.15) is 10.4 Å². The number of hydrogen-bond donors (Lipinski definition) is 1. The molecule has 1 fully saturated rings. The summed E-state index contributed by atoms with van der Waals surface area (Å²) in [6, 6.07) is 1.91. The number of carbonyl (C=O) groups is 2. The van der Waals surface area contributed by atoms with E-state index in [2.05, 4.69) is 20.4 Å². The average Bonchev–Trinajstić information content (AvgIpc) is 3.39. The molecule has 0 aliphatic carbocycles. The molecule has 4 heterocycles. The Kier molecular flexibility index (Phi) is 4.15. The average molecular weight is 370 g/mol. The van der Waals surface area contributed by atoms with E-state index in [0.717, 1.165) is 17.8 Å². The van der Waals surface area contributed by atoms with Gasteiger partial charge in [0.2, 0.25) is 0 Å². The summed E-state index contributed by atoms with van der Waals surface area (Å²) < 4.78 is 1.71. The smallest absolute Gasteiger partial charge is 0.265 e. The maximum absolute atomic E-state index is 12.7. The first kappa shape index (κ1) is 16.6. The lowest BCUT2D eigenvalue weighted by Crippen LogP contribution is -2.28. The molecule has 0 unspecified atom stereocenters. The van der Waals surface area contributed by atoms with E-state index < -0.39 is 0 Å². The molecule has 3 aromatic rings. The monoisotopic (exact) mass is 370 g/mol. The molecule has 1 aliphatic rings. The SMILES string of the molecule is CNC(=O)c1cnn2c([C@H]3CCN(C(=O)c4scnc4C)C3)ccnc12. The Bertz CT molecular complexity index is 994. The van der Waals surface area contributed by atoms with Crippen LogP contribution in [0.1, 0.15) is 43.8 Å². The standard InChI is InChI=1S/C17H18N6O2S/c1-10-14(26-9-20-10)17(25)22-6-4-11(8-22)13-3-5-19-15-12(16(24)18-2)7-21-23(13)15/h3,5,7,9,11H,4,6,8H2,1-2H3,(H,18,24)/t11-/m0/s1. The molecule has 3 aromatic heterocycles. The molecule has 1 aliphatic heterocycles. The predicted octanol–water partition coefficient (Wildman–Crippen LogP) is 1.48. The molecular weight excluding hydrogens is 352 g/mol. The Morgan fingerprint density at radius 1 is 1.35 bits per heavy atom. The largest absolute Gasteiger partial charge is 0.355 e. The van der Waals surface area contributed by atoms with Crippen molar-refractivity contribution in [2.45, 2.75) is 19.3 Å². The first-order valence-corrected chi connectivity index (χ1v) is 9.22. The number of thiazole rings is 1. The van der Waals surface area contributed by atoms with E-state index in [1.54, 1.807) is 23.3 Å². The molecule has 2 amide bonds. The second-order valence-electron chi connectivity index (χ2n) is 6.25. The number of nitrogens with one attached hydrogen (secondary N) is 1. The minimum atomic E-state index is -0.214. The van der Waals surface area contributed by atoms with Gasteiger partial charge in [-0.05, 0) is 19.4 Å². The van der Waals surface area contributed by atoms with E-state index >= 15 is 0 Å². The highest BCUT2D eigenvalue weighted by Crippen LogP contribution is 2.29. The van der Waals surface area contributed by atoms with Crippen molar-refractivity contribution >= 4 is 28.8 Å². The molecule has 26 heavy (non-hydrogen) atoms. The minimum Gasteiger partial charge on any atom is -0.355 e. The highest BCUT2D eigenvalue weighted by atomic mass is 32.1. The fourth-order valence-electron chi connectivity index (χ4n) is 3.35. The number of rotatable bonds is 3. The third kappa shape index (κ3) is 2.64. The Hall–Kier alpha value is -2.81. The lowest BCUT2D eigenvalue weighted by atomic mass is 10.0. The van der Waals surface area contributed by atoms with Crippen LogP contribution in [0.5, 0.6) is 0 Å². The summed E-state index contributed by atoms with van der Waals surface area (Å²) in [7, 11) is 1.58. The number of likely N-dealkylation sites (tertiary alicyclic amines) is 1. The topological polar surface area (TPSA) is 92.5 Å². The minimum absolute atomic E-state index is 0.0318. The van der Waals surface area contributed by atoms with Crippen molar-refractivity contribution in [1.82, 2.24) is 29.8 Å². The van der Waals surface area contributed by atoms with Crippen molar-refractivity contribution in [3.63, 3.8) is 0 Å². The maximum atomic E-state index is 12.7. The van der Waals surface area contributed by atoms with Crippen LogP contribution in [-0.4, -0.2) is 56.4 Å². The normalized spacial score (nSPS) is 17.0. The molecule has 1 atom stereocenters. The van der Waals surface area contributed by atoms with E-state index in [-0.39, 0.29) is 17.7 Å². The van der Waals surface area contributed by atoms with Gasteiger partial charge in [-0.2, -0.15) is 5.10 Å². The van der Waals surface area contributed by atoms with Crippen molar-refractivity contribution in [3.05, 3.63) is 45.8 Å². The van der Waals surface area contributed by atoms with Gasteiger partial charge in [-0.25, -0.2) is 14.5 Å². The number of aromatic nitrogens is 4. The van der Waals surface area contributed by atoms with E-state index in [4.69, 9.17) is 0 Å². The zero-order chi connectivity index (χ0) is 18.3. The third-order valence-corrected chi connectivity index (χ3v) is 5.65. The summed E-state index contributed by atoms with van der Waals surface area (Å²) in [5.74, 6) is -0.0343. The Balaban J connectivity index is 1.61. The second kappa shape index (κ2) is 6.49. The van der Waals surface area contributed by atoms with Crippen LogP contribution in [-0.2, 0) is 0 Å². The van der Waals surface area contributed by atoms with Crippen molar-refractivity contribution in [2.24, 2.45) is 0 Å². The summed E-state index contributed by atoms with van der Waals surface area (Å²) in [6.45, 7) is 3.16. The zero-order valence-corrected chi connectivity index (χ0v) is 15.3. The molecule has 1 saturated heterocycles. The maximum Gasteiger partial charge on any atom is 0.265 e. The van der Waals surface area contributed by atoms with Gasteiger partial charge >= 0.3 is 0 Å². The first-order chi connectivity index (χ1) is 12.6. The van der Waals surface area contributed by atoms with Crippen LogP contribution >= 0.6 is 11.3 Å². The van der Waals surface area contributed by atoms with E-state index in [9.17, 15) is 9.59 Å². The van der Waals surface area contributed by atoms with Crippen LogP contribution in [0.2, 0.25) is 0 Å². The van der Waals surface area contributed by atoms with E-state index in [1.807, 2.05) is 17.9 Å². The summed E-state index contributed by atoms with van der Waals surface area (Å²) in [6.07, 6.45) is 4.07. The second-order valence-corrected chi connectivity index (χ2v) is 7.10. The Morgan fingerprint density at radius 3 is 2.92 bits per heavy atom. The molecular formula is C17H18N6O2S. The molecule has 0 aromatic carbocycles. The predicted molar refractivity (Wildman–Crippen MR) is 96.5 cm³/mol. The molecule has 0 bridgehead atoms. The summed E-state index contributed by atoms with van der Waals surface area (Å²) in [5.41, 5.74) is 4.41. The highest BCUT2D eigenvalue weighted by molar-refractivity contribution is 7.11. The fraction of sp³-hybridized carbons (Fsp3) is 0.353. The molecule has 0 radical (unpaired) electrons. The summed E-state index contributed by atoms with van der Waals surface area (Å²) in [4.78, 5) is 35.7. The zero-order valence-electron chi connectivity index (χ0n) is 14.5. The van der Waals surface area contributed by atoms with Gasteiger partial charge in [0, 0.05) is 32.3 Å².